The largest absolute Gasteiger partial charge is 0.369 e. The van der Waals surface area contributed by atoms with Gasteiger partial charge in [-0.15, -0.1) is 0 Å². The number of primary amides is 1. The van der Waals surface area contributed by atoms with Gasteiger partial charge in [-0.1, -0.05) is 0 Å². The van der Waals surface area contributed by atoms with Crippen molar-refractivity contribution in [2.75, 3.05) is 18.0 Å². The molecule has 1 saturated heterocycles. The molecule has 92 valence electrons. The quantitative estimate of drug-likeness (QED) is 0.906. The van der Waals surface area contributed by atoms with Gasteiger partial charge in [0.1, 0.15) is 5.82 Å². The third-order valence-corrected chi connectivity index (χ3v) is 3.74. The van der Waals surface area contributed by atoms with E-state index in [9.17, 15) is 4.79 Å². The molecule has 17 heavy (non-hydrogen) atoms. The van der Waals surface area contributed by atoms with Crippen molar-refractivity contribution in [2.24, 2.45) is 11.7 Å². The lowest BCUT2D eigenvalue weighted by Crippen LogP contribution is -2.39. The minimum absolute atomic E-state index is 0.0236. The van der Waals surface area contributed by atoms with Crippen LogP contribution in [0.25, 0.3) is 0 Å². The molecule has 0 spiro atoms. The van der Waals surface area contributed by atoms with Gasteiger partial charge in [-0.25, -0.2) is 4.98 Å². The van der Waals surface area contributed by atoms with E-state index in [2.05, 4.69) is 31.9 Å². The Kier molecular flexibility index (Phi) is 3.66. The van der Waals surface area contributed by atoms with Gasteiger partial charge in [0.2, 0.25) is 5.91 Å². The zero-order chi connectivity index (χ0) is 12.4. The predicted octanol–water partition coefficient (Wildman–Crippen LogP) is 1.85. The standard InChI is InChI=1S/C12H16BrN3O/c1-8-6-10(13)12(15-7-8)16-4-2-9(3-5-16)11(14)17/h6-7,9H,2-5H2,1H3,(H2,14,17). The molecule has 0 aromatic carbocycles. The highest BCUT2D eigenvalue weighted by Crippen LogP contribution is 2.28. The van der Waals surface area contributed by atoms with Gasteiger partial charge in [-0.05, 0) is 47.3 Å². The minimum atomic E-state index is -0.180. The number of amides is 1. The van der Waals surface area contributed by atoms with Crippen molar-refractivity contribution in [2.45, 2.75) is 19.8 Å². The van der Waals surface area contributed by atoms with Crippen LogP contribution in [-0.4, -0.2) is 24.0 Å². The molecule has 0 bridgehead atoms. The first-order chi connectivity index (χ1) is 8.08. The number of aryl methyl sites for hydroxylation is 1. The number of carbonyl (C=O) groups is 1. The van der Waals surface area contributed by atoms with E-state index in [1.54, 1.807) is 0 Å². The molecule has 2 heterocycles. The van der Waals surface area contributed by atoms with Crippen molar-refractivity contribution >= 4 is 27.7 Å². The summed E-state index contributed by atoms with van der Waals surface area (Å²) in [7, 11) is 0. The molecular formula is C12H16BrN3O. The van der Waals surface area contributed by atoms with Crippen LogP contribution in [0, 0.1) is 12.8 Å². The summed E-state index contributed by atoms with van der Waals surface area (Å²) in [4.78, 5) is 17.7. The Balaban J connectivity index is 2.08. The Hall–Kier alpha value is -1.10. The first-order valence-corrected chi connectivity index (χ1v) is 6.53. The number of aromatic nitrogens is 1. The van der Waals surface area contributed by atoms with E-state index in [-0.39, 0.29) is 11.8 Å². The van der Waals surface area contributed by atoms with Gasteiger partial charge >= 0.3 is 0 Å². The van der Waals surface area contributed by atoms with Crippen molar-refractivity contribution in [1.82, 2.24) is 4.98 Å². The van der Waals surface area contributed by atoms with Crippen LogP contribution in [0.3, 0.4) is 0 Å². The summed E-state index contributed by atoms with van der Waals surface area (Å²) in [6.45, 7) is 3.69. The highest BCUT2D eigenvalue weighted by molar-refractivity contribution is 9.10. The van der Waals surface area contributed by atoms with E-state index in [0.717, 1.165) is 41.8 Å². The number of carbonyl (C=O) groups excluding carboxylic acids is 1. The van der Waals surface area contributed by atoms with Crippen LogP contribution in [0.1, 0.15) is 18.4 Å². The van der Waals surface area contributed by atoms with Gasteiger partial charge in [0.05, 0.1) is 4.47 Å². The van der Waals surface area contributed by atoms with Crippen molar-refractivity contribution in [3.8, 4) is 0 Å². The summed E-state index contributed by atoms with van der Waals surface area (Å²) >= 11 is 3.53. The molecular weight excluding hydrogens is 282 g/mol. The van der Waals surface area contributed by atoms with E-state index < -0.39 is 0 Å². The Morgan fingerprint density at radius 3 is 2.71 bits per heavy atom. The number of hydrogen-bond acceptors (Lipinski definition) is 3. The Labute approximate surface area is 109 Å². The fraction of sp³-hybridized carbons (Fsp3) is 0.500. The maximum Gasteiger partial charge on any atom is 0.220 e. The maximum atomic E-state index is 11.1. The molecule has 1 aromatic rings. The van der Waals surface area contributed by atoms with E-state index in [1.165, 1.54) is 0 Å². The molecule has 5 heteroatoms. The first-order valence-electron chi connectivity index (χ1n) is 5.74. The molecule has 0 aliphatic carbocycles. The van der Waals surface area contributed by atoms with E-state index >= 15 is 0 Å². The molecule has 1 amide bonds. The number of anilines is 1. The average Bonchev–Trinajstić information content (AvgIpc) is 2.29. The lowest BCUT2D eigenvalue weighted by molar-refractivity contribution is -0.122. The van der Waals surface area contributed by atoms with Gasteiger partial charge < -0.3 is 10.6 Å². The van der Waals surface area contributed by atoms with Crippen molar-refractivity contribution in [3.05, 3.63) is 22.3 Å². The van der Waals surface area contributed by atoms with Gasteiger partial charge in [-0.3, -0.25) is 4.79 Å². The van der Waals surface area contributed by atoms with Crippen molar-refractivity contribution in [1.29, 1.82) is 0 Å². The highest BCUT2D eigenvalue weighted by atomic mass is 79.9. The van der Waals surface area contributed by atoms with Crippen LogP contribution < -0.4 is 10.6 Å². The zero-order valence-corrected chi connectivity index (χ0v) is 11.4. The van der Waals surface area contributed by atoms with Gasteiger partial charge in [-0.2, -0.15) is 0 Å². The third-order valence-electron chi connectivity index (χ3n) is 3.16. The molecule has 2 N–H and O–H groups in total. The summed E-state index contributed by atoms with van der Waals surface area (Å²) in [5.74, 6) is 0.801. The van der Waals surface area contributed by atoms with Gasteiger partial charge in [0, 0.05) is 25.2 Å². The molecule has 1 aromatic heterocycles. The average molecular weight is 298 g/mol. The van der Waals surface area contributed by atoms with Crippen LogP contribution in [0.4, 0.5) is 5.82 Å². The number of rotatable bonds is 2. The second-order valence-electron chi connectivity index (χ2n) is 4.48. The number of nitrogens with zero attached hydrogens (tertiary/aromatic N) is 2. The number of hydrogen-bond donors (Lipinski definition) is 1. The SMILES string of the molecule is Cc1cnc(N2CCC(C(N)=O)CC2)c(Br)c1. The predicted molar refractivity (Wildman–Crippen MR) is 70.8 cm³/mol. The molecule has 1 aliphatic heterocycles. The van der Waals surface area contributed by atoms with Crippen LogP contribution >= 0.6 is 15.9 Å². The van der Waals surface area contributed by atoms with Crippen LogP contribution in [-0.2, 0) is 4.79 Å². The second-order valence-corrected chi connectivity index (χ2v) is 5.34. The van der Waals surface area contributed by atoms with Crippen molar-refractivity contribution in [3.63, 3.8) is 0 Å². The second kappa shape index (κ2) is 5.04. The number of halogens is 1. The lowest BCUT2D eigenvalue weighted by Gasteiger charge is -2.32. The Morgan fingerprint density at radius 2 is 2.18 bits per heavy atom. The van der Waals surface area contributed by atoms with Crippen LogP contribution in [0.5, 0.6) is 0 Å². The van der Waals surface area contributed by atoms with Gasteiger partial charge in [0.25, 0.3) is 0 Å². The number of piperidine rings is 1. The molecule has 0 saturated carbocycles. The topological polar surface area (TPSA) is 59.2 Å². The first kappa shape index (κ1) is 12.4. The molecule has 1 aliphatic rings. The molecule has 0 atom stereocenters. The maximum absolute atomic E-state index is 11.1. The van der Waals surface area contributed by atoms with E-state index in [4.69, 9.17) is 5.73 Å². The fourth-order valence-electron chi connectivity index (χ4n) is 2.13. The summed E-state index contributed by atoms with van der Waals surface area (Å²) in [6.07, 6.45) is 3.49. The highest BCUT2D eigenvalue weighted by Gasteiger charge is 2.24. The zero-order valence-electron chi connectivity index (χ0n) is 9.82. The number of pyridine rings is 1. The molecule has 0 unspecified atom stereocenters. The minimum Gasteiger partial charge on any atom is -0.369 e. The molecule has 4 nitrogen and oxygen atoms in total. The third kappa shape index (κ3) is 2.77. The lowest BCUT2D eigenvalue weighted by atomic mass is 9.96. The smallest absolute Gasteiger partial charge is 0.220 e. The monoisotopic (exact) mass is 297 g/mol. The van der Waals surface area contributed by atoms with Crippen molar-refractivity contribution < 1.29 is 4.79 Å². The fourth-order valence-corrected chi connectivity index (χ4v) is 2.85. The van der Waals surface area contributed by atoms with Gasteiger partial charge in [0.15, 0.2) is 0 Å². The van der Waals surface area contributed by atoms with Crippen LogP contribution in [0.15, 0.2) is 16.7 Å². The Bertz CT molecular complexity index is 428. The summed E-state index contributed by atoms with van der Waals surface area (Å²) in [5, 5.41) is 0. The summed E-state index contributed by atoms with van der Waals surface area (Å²) in [6, 6.07) is 2.06. The summed E-state index contributed by atoms with van der Waals surface area (Å²) in [5.41, 5.74) is 6.45. The van der Waals surface area contributed by atoms with E-state index in [1.807, 2.05) is 13.1 Å². The molecule has 0 radical (unpaired) electrons. The normalized spacial score (nSPS) is 17.2. The molecule has 2 rings (SSSR count). The van der Waals surface area contributed by atoms with Crippen LogP contribution in [0.2, 0.25) is 0 Å². The molecule has 1 fully saturated rings. The Morgan fingerprint density at radius 1 is 1.53 bits per heavy atom. The van der Waals surface area contributed by atoms with E-state index in [0.29, 0.717) is 0 Å². The summed E-state index contributed by atoms with van der Waals surface area (Å²) < 4.78 is 1.01. The number of nitrogens with two attached hydrogens (primary N) is 1.